The molecule has 118 valence electrons. The van der Waals surface area contributed by atoms with Crippen molar-refractivity contribution in [3.63, 3.8) is 0 Å². The highest BCUT2D eigenvalue weighted by Gasteiger charge is 2.17. The van der Waals surface area contributed by atoms with E-state index in [2.05, 4.69) is 24.1 Å². The topological polar surface area (TPSA) is 65.5 Å². The third kappa shape index (κ3) is 5.01. The first-order valence-electron chi connectivity index (χ1n) is 7.69. The number of anilines is 1. The van der Waals surface area contributed by atoms with Gasteiger partial charge in [-0.15, -0.1) is 0 Å². The van der Waals surface area contributed by atoms with Crippen LogP contribution in [0.25, 0.3) is 0 Å². The number of aromatic nitrogens is 1. The summed E-state index contributed by atoms with van der Waals surface area (Å²) in [6.45, 7) is 9.89. The lowest BCUT2D eigenvalue weighted by molar-refractivity contribution is 0.0722. The number of amides is 1. The molecule has 0 atom stereocenters. The molecule has 2 N–H and O–H groups in total. The van der Waals surface area contributed by atoms with Crippen molar-refractivity contribution in [1.82, 2.24) is 9.88 Å². The highest BCUT2D eigenvalue weighted by molar-refractivity contribution is 5.95. The number of carbonyl (C=O) groups is 1. The Morgan fingerprint density at radius 3 is 2.57 bits per heavy atom. The first kappa shape index (κ1) is 17.4. The maximum atomic E-state index is 12.6. The molecule has 21 heavy (non-hydrogen) atoms. The van der Waals surface area contributed by atoms with E-state index in [1.807, 2.05) is 19.9 Å². The molecular weight excluding hydrogens is 266 g/mol. The van der Waals surface area contributed by atoms with E-state index in [4.69, 9.17) is 5.11 Å². The van der Waals surface area contributed by atoms with E-state index in [0.717, 1.165) is 24.5 Å². The van der Waals surface area contributed by atoms with Crippen molar-refractivity contribution in [1.29, 1.82) is 0 Å². The Kier molecular flexibility index (Phi) is 7.15. The zero-order valence-corrected chi connectivity index (χ0v) is 13.5. The Morgan fingerprint density at radius 1 is 1.33 bits per heavy atom. The van der Waals surface area contributed by atoms with E-state index in [9.17, 15) is 4.79 Å². The van der Waals surface area contributed by atoms with Gasteiger partial charge in [-0.1, -0.05) is 20.8 Å². The Bertz CT molecular complexity index is 455. The number of rotatable bonds is 8. The van der Waals surface area contributed by atoms with E-state index in [1.165, 1.54) is 0 Å². The number of aliphatic hydroxyl groups excluding tert-OH is 1. The number of carbonyl (C=O) groups excluding carboxylic acids is 1. The van der Waals surface area contributed by atoms with Gasteiger partial charge in [0.25, 0.3) is 5.91 Å². The number of aliphatic hydroxyl groups is 1. The van der Waals surface area contributed by atoms with Crippen molar-refractivity contribution < 1.29 is 9.90 Å². The highest BCUT2D eigenvalue weighted by Crippen LogP contribution is 2.19. The standard InChI is InChI=1S/C16H27N3O2/c1-5-7-19(8-9-20)16(21)13-10-14(12(3)4)18-15(11-13)17-6-2/h10-12,20H,5-9H2,1-4H3,(H,17,18). The molecule has 1 amide bonds. The molecule has 0 fully saturated rings. The van der Waals surface area contributed by atoms with E-state index >= 15 is 0 Å². The quantitative estimate of drug-likeness (QED) is 0.773. The van der Waals surface area contributed by atoms with Crippen molar-refractivity contribution in [2.45, 2.75) is 40.0 Å². The molecule has 0 aliphatic rings. The van der Waals surface area contributed by atoms with Crippen molar-refractivity contribution in [3.05, 3.63) is 23.4 Å². The molecule has 0 aliphatic carbocycles. The van der Waals surface area contributed by atoms with Crippen LogP contribution in [0.5, 0.6) is 0 Å². The van der Waals surface area contributed by atoms with Gasteiger partial charge in [-0.25, -0.2) is 4.98 Å². The van der Waals surface area contributed by atoms with Gasteiger partial charge < -0.3 is 15.3 Å². The lowest BCUT2D eigenvalue weighted by Crippen LogP contribution is -2.34. The van der Waals surface area contributed by atoms with Crippen LogP contribution < -0.4 is 5.32 Å². The molecule has 0 saturated carbocycles. The van der Waals surface area contributed by atoms with Crippen molar-refractivity contribution in [2.75, 3.05) is 31.6 Å². The average molecular weight is 293 g/mol. The molecule has 0 radical (unpaired) electrons. The Balaban J connectivity index is 3.10. The summed E-state index contributed by atoms with van der Waals surface area (Å²) >= 11 is 0. The van der Waals surface area contributed by atoms with Crippen molar-refractivity contribution in [2.24, 2.45) is 0 Å². The molecule has 0 bridgehead atoms. The summed E-state index contributed by atoms with van der Waals surface area (Å²) in [6.07, 6.45) is 0.869. The fourth-order valence-corrected chi connectivity index (χ4v) is 2.13. The van der Waals surface area contributed by atoms with Gasteiger partial charge in [-0.2, -0.15) is 0 Å². The normalized spacial score (nSPS) is 10.8. The van der Waals surface area contributed by atoms with Crippen molar-refractivity contribution in [3.8, 4) is 0 Å². The van der Waals surface area contributed by atoms with Crippen LogP contribution in [0.3, 0.4) is 0 Å². The minimum atomic E-state index is -0.0469. The molecule has 1 heterocycles. The van der Waals surface area contributed by atoms with Gasteiger partial charge in [0.15, 0.2) is 0 Å². The fraction of sp³-hybridized carbons (Fsp3) is 0.625. The molecule has 0 aliphatic heterocycles. The lowest BCUT2D eigenvalue weighted by Gasteiger charge is -2.22. The zero-order valence-electron chi connectivity index (χ0n) is 13.5. The zero-order chi connectivity index (χ0) is 15.8. The Hall–Kier alpha value is -1.62. The maximum Gasteiger partial charge on any atom is 0.254 e. The van der Waals surface area contributed by atoms with Gasteiger partial charge in [0.2, 0.25) is 0 Å². The van der Waals surface area contributed by atoms with Crippen LogP contribution in [-0.2, 0) is 0 Å². The lowest BCUT2D eigenvalue weighted by atomic mass is 10.1. The minimum Gasteiger partial charge on any atom is -0.395 e. The van der Waals surface area contributed by atoms with Crippen LogP contribution in [0.2, 0.25) is 0 Å². The number of nitrogens with zero attached hydrogens (tertiary/aromatic N) is 2. The monoisotopic (exact) mass is 293 g/mol. The molecule has 1 aromatic rings. The van der Waals surface area contributed by atoms with Gasteiger partial charge in [-0.3, -0.25) is 4.79 Å². The number of hydrogen-bond acceptors (Lipinski definition) is 4. The molecular formula is C16H27N3O2. The summed E-state index contributed by atoms with van der Waals surface area (Å²) in [7, 11) is 0. The summed E-state index contributed by atoms with van der Waals surface area (Å²) in [4.78, 5) is 18.8. The highest BCUT2D eigenvalue weighted by atomic mass is 16.3. The van der Waals surface area contributed by atoms with Crippen LogP contribution in [0.1, 0.15) is 56.1 Å². The van der Waals surface area contributed by atoms with Gasteiger partial charge in [0.05, 0.1) is 6.61 Å². The molecule has 5 nitrogen and oxygen atoms in total. The largest absolute Gasteiger partial charge is 0.395 e. The summed E-state index contributed by atoms with van der Waals surface area (Å²) in [5.41, 5.74) is 1.53. The van der Waals surface area contributed by atoms with Gasteiger partial charge in [0.1, 0.15) is 5.82 Å². The summed E-state index contributed by atoms with van der Waals surface area (Å²) in [5.74, 6) is 0.939. The SMILES string of the molecule is CCCN(CCO)C(=O)c1cc(NCC)nc(C(C)C)c1. The van der Waals surface area contributed by atoms with Gasteiger partial charge in [0, 0.05) is 30.9 Å². The second-order valence-corrected chi connectivity index (χ2v) is 5.37. The van der Waals surface area contributed by atoms with E-state index in [1.54, 1.807) is 11.0 Å². The Labute approximate surface area is 127 Å². The fourth-order valence-electron chi connectivity index (χ4n) is 2.13. The predicted octanol–water partition coefficient (Wildman–Crippen LogP) is 2.48. The predicted molar refractivity (Wildman–Crippen MR) is 85.8 cm³/mol. The summed E-state index contributed by atoms with van der Waals surface area (Å²) in [6, 6.07) is 3.64. The molecule has 0 aromatic carbocycles. The molecule has 0 spiro atoms. The summed E-state index contributed by atoms with van der Waals surface area (Å²) in [5, 5.41) is 12.3. The Morgan fingerprint density at radius 2 is 2.05 bits per heavy atom. The minimum absolute atomic E-state index is 0.0199. The van der Waals surface area contributed by atoms with E-state index in [-0.39, 0.29) is 18.4 Å². The molecule has 1 rings (SSSR count). The second kappa shape index (κ2) is 8.62. The van der Waals surface area contributed by atoms with Gasteiger partial charge >= 0.3 is 0 Å². The van der Waals surface area contributed by atoms with Crippen LogP contribution in [-0.4, -0.2) is 47.1 Å². The van der Waals surface area contributed by atoms with Crippen LogP contribution >= 0.6 is 0 Å². The first-order chi connectivity index (χ1) is 10.0. The average Bonchev–Trinajstić information content (AvgIpc) is 2.46. The van der Waals surface area contributed by atoms with Crippen molar-refractivity contribution >= 4 is 11.7 Å². The smallest absolute Gasteiger partial charge is 0.254 e. The number of hydrogen-bond donors (Lipinski definition) is 2. The molecule has 0 unspecified atom stereocenters. The van der Waals surface area contributed by atoms with Crippen LogP contribution in [0.15, 0.2) is 12.1 Å². The third-order valence-electron chi connectivity index (χ3n) is 3.19. The van der Waals surface area contributed by atoms with Gasteiger partial charge in [-0.05, 0) is 31.4 Å². The van der Waals surface area contributed by atoms with Crippen LogP contribution in [0.4, 0.5) is 5.82 Å². The second-order valence-electron chi connectivity index (χ2n) is 5.37. The number of pyridine rings is 1. The molecule has 5 heteroatoms. The van der Waals surface area contributed by atoms with Crippen LogP contribution in [0, 0.1) is 0 Å². The number of nitrogens with one attached hydrogen (secondary N) is 1. The van der Waals surface area contributed by atoms with E-state index in [0.29, 0.717) is 18.7 Å². The molecule has 1 aromatic heterocycles. The molecule has 0 saturated heterocycles. The summed E-state index contributed by atoms with van der Waals surface area (Å²) < 4.78 is 0. The maximum absolute atomic E-state index is 12.6. The first-order valence-corrected chi connectivity index (χ1v) is 7.69. The van der Waals surface area contributed by atoms with E-state index < -0.39 is 0 Å². The third-order valence-corrected chi connectivity index (χ3v) is 3.19.